The average Bonchev–Trinajstić information content (AvgIpc) is 3.86. The molecule has 1 unspecified atom stereocenters. The number of pyridine rings is 3. The van der Waals surface area contributed by atoms with E-state index < -0.39 is 21.1 Å². The third-order valence-corrected chi connectivity index (χ3v) is 5.65. The number of rotatable bonds is 5. The summed E-state index contributed by atoms with van der Waals surface area (Å²) in [5.74, 6) is 0. The van der Waals surface area contributed by atoms with E-state index in [4.69, 9.17) is 70.3 Å². The van der Waals surface area contributed by atoms with Crippen molar-refractivity contribution >= 4 is 56.5 Å². The SMILES string of the molecule is CCC(N)c1cnc2occc2c1.CCC(O)O.ClCCl.OCc1cnc2occc2c1.OCc1cnc2occc2c1.[O]=[Mn]=[O]. The topological polar surface area (TPSA) is 219 Å². The van der Waals surface area contributed by atoms with E-state index in [1.807, 2.05) is 36.4 Å². The molecule has 0 bridgehead atoms. The fraction of sp³-hybridized carbons (Fsp3) is 0.300. The van der Waals surface area contributed by atoms with Gasteiger partial charge in [0.25, 0.3) is 0 Å². The van der Waals surface area contributed by atoms with Crippen LogP contribution in [0.25, 0.3) is 33.3 Å². The summed E-state index contributed by atoms with van der Waals surface area (Å²) in [6.45, 7) is 3.80. The molecule has 251 valence electrons. The average molecular weight is 722 g/mol. The maximum absolute atomic E-state index is 8.76. The van der Waals surface area contributed by atoms with Crippen LogP contribution in [0.15, 0.2) is 87.0 Å². The Kier molecular flexibility index (Phi) is 21.0. The van der Waals surface area contributed by atoms with Crippen molar-refractivity contribution in [3.63, 3.8) is 0 Å². The first-order chi connectivity index (χ1) is 22.2. The summed E-state index contributed by atoms with van der Waals surface area (Å²) in [4.78, 5) is 12.1. The van der Waals surface area contributed by atoms with Crippen molar-refractivity contribution in [1.29, 1.82) is 0 Å². The molecule has 0 radical (unpaired) electrons. The minimum atomic E-state index is -1.44. The van der Waals surface area contributed by atoms with Crippen molar-refractivity contribution < 1.29 is 56.2 Å². The van der Waals surface area contributed by atoms with Gasteiger partial charge in [0.05, 0.1) is 37.3 Å². The van der Waals surface area contributed by atoms with Crippen LogP contribution < -0.4 is 5.73 Å². The number of hydrogen-bond donors (Lipinski definition) is 5. The molecule has 0 spiro atoms. The molecule has 6 rings (SSSR count). The summed E-state index contributed by atoms with van der Waals surface area (Å²) in [5.41, 5.74) is 10.5. The molecule has 6 aromatic rings. The van der Waals surface area contributed by atoms with Crippen molar-refractivity contribution in [1.82, 2.24) is 15.0 Å². The maximum atomic E-state index is 8.76. The first-order valence-electron chi connectivity index (χ1n) is 13.5. The molecular formula is C30H36Cl2MnN4O9. The first-order valence-corrected chi connectivity index (χ1v) is 15.6. The van der Waals surface area contributed by atoms with Gasteiger partial charge in [0.2, 0.25) is 17.1 Å². The van der Waals surface area contributed by atoms with Crippen LogP contribution in [0.4, 0.5) is 0 Å². The number of aromatic nitrogens is 3. The Labute approximate surface area is 280 Å². The quantitative estimate of drug-likeness (QED) is 0.0812. The summed E-state index contributed by atoms with van der Waals surface area (Å²) in [6, 6.07) is 11.3. The van der Waals surface area contributed by atoms with Gasteiger partial charge in [-0.15, -0.1) is 23.2 Å². The summed E-state index contributed by atoms with van der Waals surface area (Å²) in [6.07, 6.45) is 10.0. The number of nitrogens with two attached hydrogens (primary N) is 1. The van der Waals surface area contributed by atoms with Gasteiger partial charge in [0.1, 0.15) is 0 Å². The molecular weight excluding hydrogens is 686 g/mol. The molecule has 0 aliphatic rings. The number of furan rings is 3. The zero-order chi connectivity index (χ0) is 34.3. The Morgan fingerprint density at radius 3 is 1.41 bits per heavy atom. The molecule has 13 nitrogen and oxygen atoms in total. The summed E-state index contributed by atoms with van der Waals surface area (Å²) in [5, 5.41) is 36.4. The standard InChI is InChI=1S/C10H12N2O.2C8H7NO2.C3H8O2.CH2Cl2.Mn.2O/c1-2-9(11)8-5-7-3-4-13-10(7)12-6-8;2*10-5-6-3-7-1-2-11-8(7)9-4-6;1-2-3(4)5;2-1-3;;;/h3-6,9H,2,11H2,1H3;2*1-4,10H,5H2;3-5H,2H2,1H3;1H2;;;. The molecule has 16 heteroatoms. The third-order valence-electron chi connectivity index (χ3n) is 5.65. The van der Waals surface area contributed by atoms with E-state index in [0.717, 1.165) is 39.3 Å². The molecule has 0 saturated carbocycles. The number of fused-ring (bicyclic) bond motifs is 3. The van der Waals surface area contributed by atoms with Gasteiger partial charge in [-0.05, 0) is 65.9 Å². The van der Waals surface area contributed by atoms with Gasteiger partial charge in [0, 0.05) is 40.8 Å². The fourth-order valence-electron chi connectivity index (χ4n) is 3.30. The van der Waals surface area contributed by atoms with Crippen molar-refractivity contribution in [3.05, 3.63) is 90.5 Å². The van der Waals surface area contributed by atoms with Crippen molar-refractivity contribution in [3.8, 4) is 0 Å². The summed E-state index contributed by atoms with van der Waals surface area (Å²) in [7, 11) is 0. The molecule has 0 aromatic carbocycles. The van der Waals surface area contributed by atoms with Crippen LogP contribution in [0, 0.1) is 0 Å². The van der Waals surface area contributed by atoms with Gasteiger partial charge in [-0.1, -0.05) is 13.8 Å². The zero-order valence-electron chi connectivity index (χ0n) is 25.0. The molecule has 1 atom stereocenters. The fourth-order valence-corrected chi connectivity index (χ4v) is 3.30. The van der Waals surface area contributed by atoms with E-state index in [0.29, 0.717) is 23.6 Å². The predicted molar refractivity (Wildman–Crippen MR) is 168 cm³/mol. The molecule has 6 N–H and O–H groups in total. The number of hydrogen-bond acceptors (Lipinski definition) is 13. The van der Waals surface area contributed by atoms with Crippen LogP contribution in [0.3, 0.4) is 0 Å². The van der Waals surface area contributed by atoms with Gasteiger partial charge in [-0.2, -0.15) is 0 Å². The second kappa shape index (κ2) is 23.8. The normalized spacial score (nSPS) is 10.6. The van der Waals surface area contributed by atoms with E-state index in [1.54, 1.807) is 44.3 Å². The molecule has 0 amide bonds. The van der Waals surface area contributed by atoms with E-state index in [2.05, 4.69) is 21.9 Å². The van der Waals surface area contributed by atoms with E-state index in [9.17, 15) is 0 Å². The van der Waals surface area contributed by atoms with Crippen LogP contribution in [-0.2, 0) is 35.7 Å². The Bertz CT molecular complexity index is 1630. The molecule has 0 fully saturated rings. The van der Waals surface area contributed by atoms with E-state index in [1.165, 1.54) is 0 Å². The van der Waals surface area contributed by atoms with Gasteiger partial charge in [-0.3, -0.25) is 0 Å². The zero-order valence-corrected chi connectivity index (χ0v) is 27.7. The number of nitrogens with zero attached hydrogens (tertiary/aromatic N) is 3. The molecule has 0 saturated heterocycles. The number of aliphatic hydroxyl groups excluding tert-OH is 3. The van der Waals surface area contributed by atoms with Crippen molar-refractivity contribution in [2.75, 3.05) is 5.34 Å². The Hall–Kier alpha value is -3.43. The molecule has 6 heterocycles. The molecule has 6 aromatic heterocycles. The van der Waals surface area contributed by atoms with E-state index in [-0.39, 0.29) is 24.6 Å². The second-order valence-electron chi connectivity index (χ2n) is 8.78. The van der Waals surface area contributed by atoms with E-state index >= 15 is 0 Å². The van der Waals surface area contributed by atoms with Crippen LogP contribution in [0.2, 0.25) is 0 Å². The Morgan fingerprint density at radius 1 is 0.739 bits per heavy atom. The van der Waals surface area contributed by atoms with Crippen LogP contribution >= 0.6 is 23.2 Å². The first kappa shape index (κ1) is 40.6. The van der Waals surface area contributed by atoms with Crippen LogP contribution in [-0.4, -0.2) is 47.0 Å². The van der Waals surface area contributed by atoms with Gasteiger partial charge < -0.3 is 39.4 Å². The Balaban J connectivity index is 0.000000299. The number of halogens is 2. The minimum absolute atomic E-state index is 0.0219. The third kappa shape index (κ3) is 14.8. The predicted octanol–water partition coefficient (Wildman–Crippen LogP) is 5.77. The number of alkyl halides is 2. The molecule has 0 aliphatic carbocycles. The van der Waals surface area contributed by atoms with Gasteiger partial charge >= 0.3 is 22.5 Å². The van der Waals surface area contributed by atoms with Crippen LogP contribution in [0.5, 0.6) is 0 Å². The summed E-state index contributed by atoms with van der Waals surface area (Å²) >= 11 is 8.09. The van der Waals surface area contributed by atoms with Crippen molar-refractivity contribution in [2.24, 2.45) is 5.73 Å². The van der Waals surface area contributed by atoms with Gasteiger partial charge in [0.15, 0.2) is 6.29 Å². The molecule has 0 aliphatic heterocycles. The van der Waals surface area contributed by atoms with Gasteiger partial charge in [-0.25, -0.2) is 15.0 Å². The Morgan fingerprint density at radius 2 is 1.09 bits per heavy atom. The summed E-state index contributed by atoms with van der Waals surface area (Å²) < 4.78 is 32.0. The number of aliphatic hydroxyl groups is 4. The van der Waals surface area contributed by atoms with Crippen molar-refractivity contribution in [2.45, 2.75) is 52.2 Å². The monoisotopic (exact) mass is 721 g/mol. The second-order valence-corrected chi connectivity index (χ2v) is 9.79. The van der Waals surface area contributed by atoms with Crippen LogP contribution in [0.1, 0.15) is 49.4 Å². The molecule has 46 heavy (non-hydrogen) atoms.